The highest BCUT2D eigenvalue weighted by Crippen LogP contribution is 2.41. The van der Waals surface area contributed by atoms with Gasteiger partial charge in [0.05, 0.1) is 12.2 Å². The summed E-state index contributed by atoms with van der Waals surface area (Å²) >= 11 is 0. The number of aromatic nitrogens is 3. The number of carbonyl (C=O) groups is 1. The van der Waals surface area contributed by atoms with Crippen molar-refractivity contribution >= 4 is 5.91 Å². The standard InChI is InChI=1S/C20H26N4O/c25-20(13-15-3-1-2-4-15)22-11-12-24-19(17-5-6-17)14-18(23-24)16-7-9-21-10-8-16/h7-10,14-15,17H,1-6,11-13H2,(H,22,25). The predicted octanol–water partition coefficient (Wildman–Crippen LogP) is 3.52. The van der Waals surface area contributed by atoms with E-state index in [1.54, 1.807) is 12.4 Å². The van der Waals surface area contributed by atoms with Crippen LogP contribution in [-0.4, -0.2) is 27.2 Å². The first-order chi connectivity index (χ1) is 12.3. The molecule has 4 rings (SSSR count). The number of rotatable bonds is 7. The molecule has 0 atom stereocenters. The van der Waals surface area contributed by atoms with Gasteiger partial charge in [0.2, 0.25) is 5.91 Å². The highest BCUT2D eigenvalue weighted by atomic mass is 16.1. The van der Waals surface area contributed by atoms with Crippen molar-refractivity contribution in [3.8, 4) is 11.3 Å². The Labute approximate surface area is 148 Å². The van der Waals surface area contributed by atoms with Crippen LogP contribution in [0.25, 0.3) is 11.3 Å². The van der Waals surface area contributed by atoms with E-state index in [0.29, 0.717) is 24.8 Å². The summed E-state index contributed by atoms with van der Waals surface area (Å²) in [7, 11) is 0. The zero-order valence-corrected chi connectivity index (χ0v) is 14.7. The molecule has 1 N–H and O–H groups in total. The van der Waals surface area contributed by atoms with Crippen LogP contribution in [0.4, 0.5) is 0 Å². The number of pyridine rings is 1. The lowest BCUT2D eigenvalue weighted by Crippen LogP contribution is -2.29. The number of carbonyl (C=O) groups excluding carboxylic acids is 1. The smallest absolute Gasteiger partial charge is 0.220 e. The van der Waals surface area contributed by atoms with Crippen molar-refractivity contribution in [3.63, 3.8) is 0 Å². The Morgan fingerprint density at radius 3 is 2.64 bits per heavy atom. The molecule has 0 aromatic carbocycles. The summed E-state index contributed by atoms with van der Waals surface area (Å²) in [6.45, 7) is 1.40. The Morgan fingerprint density at radius 1 is 1.16 bits per heavy atom. The lowest BCUT2D eigenvalue weighted by atomic mass is 10.0. The normalized spacial score (nSPS) is 17.8. The number of hydrogen-bond acceptors (Lipinski definition) is 3. The zero-order valence-electron chi connectivity index (χ0n) is 14.7. The van der Waals surface area contributed by atoms with Gasteiger partial charge >= 0.3 is 0 Å². The summed E-state index contributed by atoms with van der Waals surface area (Å²) in [5.41, 5.74) is 3.40. The molecule has 25 heavy (non-hydrogen) atoms. The van der Waals surface area contributed by atoms with Crippen molar-refractivity contribution in [2.45, 2.75) is 57.4 Å². The molecule has 0 radical (unpaired) electrons. The van der Waals surface area contributed by atoms with Gasteiger partial charge in [-0.15, -0.1) is 0 Å². The monoisotopic (exact) mass is 338 g/mol. The third-order valence-corrected chi connectivity index (χ3v) is 5.38. The summed E-state index contributed by atoms with van der Waals surface area (Å²) < 4.78 is 2.09. The van der Waals surface area contributed by atoms with Crippen molar-refractivity contribution in [3.05, 3.63) is 36.3 Å². The molecular formula is C20H26N4O. The largest absolute Gasteiger partial charge is 0.354 e. The molecule has 2 heterocycles. The van der Waals surface area contributed by atoms with Crippen molar-refractivity contribution in [2.24, 2.45) is 5.92 Å². The van der Waals surface area contributed by atoms with Crippen molar-refractivity contribution in [2.75, 3.05) is 6.54 Å². The summed E-state index contributed by atoms with van der Waals surface area (Å²) in [6, 6.07) is 6.19. The van der Waals surface area contributed by atoms with Crippen LogP contribution in [0, 0.1) is 5.92 Å². The van der Waals surface area contributed by atoms with Gasteiger partial charge in [-0.2, -0.15) is 5.10 Å². The van der Waals surface area contributed by atoms with E-state index in [1.807, 2.05) is 12.1 Å². The Kier molecular flexibility index (Phi) is 4.81. The molecule has 2 fully saturated rings. The first-order valence-electron chi connectivity index (χ1n) is 9.54. The highest BCUT2D eigenvalue weighted by Gasteiger charge is 2.28. The molecule has 0 unspecified atom stereocenters. The highest BCUT2D eigenvalue weighted by molar-refractivity contribution is 5.76. The third kappa shape index (κ3) is 4.09. The van der Waals surface area contributed by atoms with Crippen LogP contribution in [0.15, 0.2) is 30.6 Å². The molecule has 2 aromatic rings. The van der Waals surface area contributed by atoms with Crippen molar-refractivity contribution in [1.29, 1.82) is 0 Å². The van der Waals surface area contributed by atoms with Gasteiger partial charge in [-0.05, 0) is 49.8 Å². The Hall–Kier alpha value is -2.17. The molecule has 132 valence electrons. The molecule has 5 nitrogen and oxygen atoms in total. The van der Waals surface area contributed by atoms with Gasteiger partial charge in [-0.1, -0.05) is 12.8 Å². The SMILES string of the molecule is O=C(CC1CCCC1)NCCn1nc(-c2ccncc2)cc1C1CC1. The van der Waals surface area contributed by atoms with E-state index in [2.05, 4.69) is 21.0 Å². The van der Waals surface area contributed by atoms with Crippen LogP contribution in [0.2, 0.25) is 0 Å². The molecule has 0 saturated heterocycles. The van der Waals surface area contributed by atoms with Crippen LogP contribution in [0.3, 0.4) is 0 Å². The molecule has 1 amide bonds. The fourth-order valence-electron chi connectivity index (χ4n) is 3.83. The fourth-order valence-corrected chi connectivity index (χ4v) is 3.83. The second kappa shape index (κ2) is 7.38. The van der Waals surface area contributed by atoms with Gasteiger partial charge in [-0.3, -0.25) is 14.5 Å². The summed E-state index contributed by atoms with van der Waals surface area (Å²) in [5.74, 6) is 1.43. The van der Waals surface area contributed by atoms with Gasteiger partial charge in [0.25, 0.3) is 0 Å². The fraction of sp³-hybridized carbons (Fsp3) is 0.550. The topological polar surface area (TPSA) is 59.8 Å². The van der Waals surface area contributed by atoms with Crippen LogP contribution in [0.5, 0.6) is 0 Å². The average Bonchev–Trinajstić information content (AvgIpc) is 3.18. The first kappa shape index (κ1) is 16.3. The minimum absolute atomic E-state index is 0.196. The van der Waals surface area contributed by atoms with E-state index in [-0.39, 0.29) is 5.91 Å². The lowest BCUT2D eigenvalue weighted by molar-refractivity contribution is -0.122. The maximum Gasteiger partial charge on any atom is 0.220 e. The molecule has 5 heteroatoms. The van der Waals surface area contributed by atoms with Gasteiger partial charge in [0.15, 0.2) is 0 Å². The average molecular weight is 338 g/mol. The van der Waals surface area contributed by atoms with E-state index in [1.165, 1.54) is 44.2 Å². The zero-order chi connectivity index (χ0) is 17.1. The number of hydrogen-bond donors (Lipinski definition) is 1. The van der Waals surface area contributed by atoms with E-state index in [4.69, 9.17) is 5.10 Å². The molecule has 2 aliphatic carbocycles. The number of nitrogens with zero attached hydrogens (tertiary/aromatic N) is 3. The summed E-state index contributed by atoms with van der Waals surface area (Å²) in [5, 5.41) is 7.86. The molecule has 2 saturated carbocycles. The molecule has 2 aromatic heterocycles. The van der Waals surface area contributed by atoms with Gasteiger partial charge < -0.3 is 5.32 Å². The van der Waals surface area contributed by atoms with Crippen molar-refractivity contribution in [1.82, 2.24) is 20.1 Å². The van der Waals surface area contributed by atoms with E-state index < -0.39 is 0 Å². The quantitative estimate of drug-likeness (QED) is 0.840. The second-order valence-corrected chi connectivity index (χ2v) is 7.39. The minimum Gasteiger partial charge on any atom is -0.354 e. The van der Waals surface area contributed by atoms with Crippen LogP contribution in [-0.2, 0) is 11.3 Å². The first-order valence-corrected chi connectivity index (χ1v) is 9.54. The maximum atomic E-state index is 12.1. The summed E-state index contributed by atoms with van der Waals surface area (Å²) in [4.78, 5) is 16.2. The number of nitrogens with one attached hydrogen (secondary N) is 1. The molecule has 2 aliphatic rings. The van der Waals surface area contributed by atoms with Crippen LogP contribution in [0.1, 0.15) is 56.6 Å². The van der Waals surface area contributed by atoms with Crippen molar-refractivity contribution < 1.29 is 4.79 Å². The van der Waals surface area contributed by atoms with E-state index >= 15 is 0 Å². The predicted molar refractivity (Wildman–Crippen MR) is 97.0 cm³/mol. The van der Waals surface area contributed by atoms with Crippen LogP contribution >= 0.6 is 0 Å². The van der Waals surface area contributed by atoms with Gasteiger partial charge in [-0.25, -0.2) is 0 Å². The minimum atomic E-state index is 0.196. The van der Waals surface area contributed by atoms with Gasteiger partial charge in [0.1, 0.15) is 0 Å². The molecule has 0 spiro atoms. The van der Waals surface area contributed by atoms with E-state index in [9.17, 15) is 4.79 Å². The molecule has 0 bridgehead atoms. The number of amides is 1. The Bertz CT molecular complexity index is 715. The van der Waals surface area contributed by atoms with E-state index in [0.717, 1.165) is 17.8 Å². The second-order valence-electron chi connectivity index (χ2n) is 7.39. The molecular weight excluding hydrogens is 312 g/mol. The summed E-state index contributed by atoms with van der Waals surface area (Å²) in [6.07, 6.45) is 11.8. The molecule has 0 aliphatic heterocycles. The lowest BCUT2D eigenvalue weighted by Gasteiger charge is -2.11. The third-order valence-electron chi connectivity index (χ3n) is 5.38. The van der Waals surface area contributed by atoms with Crippen LogP contribution < -0.4 is 5.32 Å². The maximum absolute atomic E-state index is 12.1. The Morgan fingerprint density at radius 2 is 1.92 bits per heavy atom. The van der Waals surface area contributed by atoms with Gasteiger partial charge in [0, 0.05) is 42.5 Å². The Balaban J connectivity index is 1.36.